The Labute approximate surface area is 165 Å². The summed E-state index contributed by atoms with van der Waals surface area (Å²) in [4.78, 5) is 11.5. The molecule has 2 N–H and O–H groups in total. The molecule has 1 atom stereocenters. The van der Waals surface area contributed by atoms with Crippen molar-refractivity contribution in [2.24, 2.45) is 5.73 Å². The van der Waals surface area contributed by atoms with Crippen LogP contribution >= 0.6 is 12.4 Å². The van der Waals surface area contributed by atoms with Crippen LogP contribution in [-0.4, -0.2) is 13.1 Å². The van der Waals surface area contributed by atoms with Gasteiger partial charge in [0.25, 0.3) is 0 Å². The SMILES string of the molecule is COC(=O)c1ccc(COc2cccc(C(N)c3ccccc3)c2)cc1.Cl. The van der Waals surface area contributed by atoms with Crippen molar-refractivity contribution in [1.29, 1.82) is 0 Å². The standard InChI is InChI=1S/C22H21NO3.ClH/c1-25-22(24)18-12-10-16(11-13-18)15-26-20-9-5-8-19(14-20)21(23)17-6-3-2-4-7-17;/h2-14,21H,15,23H2,1H3;1H. The zero-order valence-electron chi connectivity index (χ0n) is 15.0. The van der Waals surface area contributed by atoms with E-state index in [1.165, 1.54) is 7.11 Å². The van der Waals surface area contributed by atoms with Crippen molar-refractivity contribution in [3.63, 3.8) is 0 Å². The Morgan fingerprint density at radius 2 is 1.59 bits per heavy atom. The van der Waals surface area contributed by atoms with Crippen LogP contribution in [0.4, 0.5) is 0 Å². The van der Waals surface area contributed by atoms with Gasteiger partial charge in [-0.15, -0.1) is 12.4 Å². The predicted molar refractivity (Wildman–Crippen MR) is 108 cm³/mol. The van der Waals surface area contributed by atoms with Gasteiger partial charge in [0.2, 0.25) is 0 Å². The number of halogens is 1. The average molecular weight is 384 g/mol. The summed E-state index contributed by atoms with van der Waals surface area (Å²) >= 11 is 0. The summed E-state index contributed by atoms with van der Waals surface area (Å²) in [7, 11) is 1.37. The van der Waals surface area contributed by atoms with Gasteiger partial charge in [0.15, 0.2) is 0 Å². The average Bonchev–Trinajstić information content (AvgIpc) is 2.72. The second kappa shape index (κ2) is 9.76. The number of hydrogen-bond donors (Lipinski definition) is 1. The maximum absolute atomic E-state index is 11.5. The number of methoxy groups -OCH3 is 1. The van der Waals surface area contributed by atoms with E-state index < -0.39 is 0 Å². The lowest BCUT2D eigenvalue weighted by Crippen LogP contribution is -2.11. The fourth-order valence-corrected chi connectivity index (χ4v) is 2.67. The van der Waals surface area contributed by atoms with Crippen LogP contribution < -0.4 is 10.5 Å². The van der Waals surface area contributed by atoms with Gasteiger partial charge in [0.05, 0.1) is 18.7 Å². The van der Waals surface area contributed by atoms with Gasteiger partial charge in [-0.3, -0.25) is 0 Å². The maximum atomic E-state index is 11.5. The third-order valence-corrected chi connectivity index (χ3v) is 4.16. The summed E-state index contributed by atoms with van der Waals surface area (Å²) in [5.74, 6) is 0.408. The van der Waals surface area contributed by atoms with Crippen LogP contribution in [0.5, 0.6) is 5.75 Å². The Morgan fingerprint density at radius 3 is 2.26 bits per heavy atom. The first-order valence-electron chi connectivity index (χ1n) is 8.38. The Morgan fingerprint density at radius 1 is 0.926 bits per heavy atom. The lowest BCUT2D eigenvalue weighted by atomic mass is 10.00. The molecule has 0 bridgehead atoms. The molecule has 0 aliphatic heterocycles. The normalized spacial score (nSPS) is 11.2. The molecular weight excluding hydrogens is 362 g/mol. The van der Waals surface area contributed by atoms with Crippen LogP contribution in [0.15, 0.2) is 78.9 Å². The number of benzene rings is 3. The Bertz CT molecular complexity index is 866. The number of nitrogens with two attached hydrogens (primary N) is 1. The molecule has 3 rings (SSSR count). The predicted octanol–water partition coefficient (Wildman–Crippen LogP) is 4.52. The zero-order chi connectivity index (χ0) is 18.4. The third-order valence-electron chi connectivity index (χ3n) is 4.16. The van der Waals surface area contributed by atoms with Gasteiger partial charge in [-0.1, -0.05) is 54.6 Å². The summed E-state index contributed by atoms with van der Waals surface area (Å²) in [6.07, 6.45) is 0. The highest BCUT2D eigenvalue weighted by Gasteiger charge is 2.09. The molecule has 0 spiro atoms. The van der Waals surface area contributed by atoms with E-state index in [9.17, 15) is 4.79 Å². The molecule has 5 heteroatoms. The van der Waals surface area contributed by atoms with E-state index in [4.69, 9.17) is 15.2 Å². The van der Waals surface area contributed by atoms with Gasteiger partial charge >= 0.3 is 5.97 Å². The molecule has 0 aliphatic carbocycles. The highest BCUT2D eigenvalue weighted by atomic mass is 35.5. The maximum Gasteiger partial charge on any atom is 0.337 e. The summed E-state index contributed by atoms with van der Waals surface area (Å²) in [5, 5.41) is 0. The molecule has 0 radical (unpaired) electrons. The van der Waals surface area contributed by atoms with Gasteiger partial charge in [-0.05, 0) is 41.0 Å². The van der Waals surface area contributed by atoms with E-state index in [1.54, 1.807) is 12.1 Å². The molecule has 0 saturated heterocycles. The fraction of sp³-hybridized carbons (Fsp3) is 0.136. The molecular formula is C22H22ClNO3. The van der Waals surface area contributed by atoms with Crippen LogP contribution in [0.2, 0.25) is 0 Å². The summed E-state index contributed by atoms with van der Waals surface area (Å²) in [6.45, 7) is 0.408. The van der Waals surface area contributed by atoms with Crippen molar-refractivity contribution in [3.05, 3.63) is 101 Å². The van der Waals surface area contributed by atoms with Crippen LogP contribution in [0.3, 0.4) is 0 Å². The Balaban J connectivity index is 0.00000261. The molecule has 0 amide bonds. The number of ether oxygens (including phenoxy) is 2. The number of rotatable bonds is 6. The minimum absolute atomic E-state index is 0. The number of carbonyl (C=O) groups is 1. The topological polar surface area (TPSA) is 61.5 Å². The number of hydrogen-bond acceptors (Lipinski definition) is 4. The fourth-order valence-electron chi connectivity index (χ4n) is 2.67. The van der Waals surface area contributed by atoms with E-state index in [-0.39, 0.29) is 24.4 Å². The molecule has 3 aromatic rings. The van der Waals surface area contributed by atoms with Crippen LogP contribution in [-0.2, 0) is 11.3 Å². The summed E-state index contributed by atoms with van der Waals surface area (Å²) in [6, 6.07) is 24.7. The van der Waals surface area contributed by atoms with Gasteiger partial charge in [-0.2, -0.15) is 0 Å². The second-order valence-corrected chi connectivity index (χ2v) is 5.94. The molecule has 0 aliphatic rings. The van der Waals surface area contributed by atoms with Crippen molar-refractivity contribution < 1.29 is 14.3 Å². The first kappa shape index (κ1) is 20.5. The van der Waals surface area contributed by atoms with E-state index in [1.807, 2.05) is 66.7 Å². The second-order valence-electron chi connectivity index (χ2n) is 5.94. The highest BCUT2D eigenvalue weighted by molar-refractivity contribution is 5.89. The smallest absolute Gasteiger partial charge is 0.337 e. The Hall–Kier alpha value is -2.82. The largest absolute Gasteiger partial charge is 0.489 e. The van der Waals surface area contributed by atoms with Crippen LogP contribution in [0.25, 0.3) is 0 Å². The molecule has 0 fully saturated rings. The van der Waals surface area contributed by atoms with E-state index in [0.29, 0.717) is 12.2 Å². The van der Waals surface area contributed by atoms with E-state index in [0.717, 1.165) is 22.4 Å². The molecule has 0 saturated carbocycles. The Kier molecular flexibility index (Phi) is 7.41. The number of carbonyl (C=O) groups excluding carboxylic acids is 1. The lowest BCUT2D eigenvalue weighted by molar-refractivity contribution is 0.0600. The zero-order valence-corrected chi connectivity index (χ0v) is 15.8. The number of esters is 1. The minimum Gasteiger partial charge on any atom is -0.489 e. The summed E-state index contributed by atoms with van der Waals surface area (Å²) < 4.78 is 10.6. The lowest BCUT2D eigenvalue weighted by Gasteiger charge is -2.14. The third kappa shape index (κ3) is 5.33. The quantitative estimate of drug-likeness (QED) is 0.635. The molecule has 140 valence electrons. The molecule has 3 aromatic carbocycles. The first-order chi connectivity index (χ1) is 12.7. The van der Waals surface area contributed by atoms with Crippen molar-refractivity contribution >= 4 is 18.4 Å². The van der Waals surface area contributed by atoms with E-state index in [2.05, 4.69) is 0 Å². The van der Waals surface area contributed by atoms with Crippen molar-refractivity contribution in [2.45, 2.75) is 12.6 Å². The molecule has 0 heterocycles. The van der Waals surface area contributed by atoms with Crippen molar-refractivity contribution in [3.8, 4) is 5.75 Å². The highest BCUT2D eigenvalue weighted by Crippen LogP contribution is 2.23. The minimum atomic E-state index is -0.347. The summed E-state index contributed by atoms with van der Waals surface area (Å²) in [5.41, 5.74) is 9.89. The van der Waals surface area contributed by atoms with Crippen LogP contribution in [0, 0.1) is 0 Å². The molecule has 0 aromatic heterocycles. The molecule has 4 nitrogen and oxygen atoms in total. The van der Waals surface area contributed by atoms with Gasteiger partial charge in [0.1, 0.15) is 12.4 Å². The molecule has 1 unspecified atom stereocenters. The van der Waals surface area contributed by atoms with Gasteiger partial charge in [-0.25, -0.2) is 4.79 Å². The van der Waals surface area contributed by atoms with Crippen LogP contribution in [0.1, 0.15) is 33.1 Å². The molecule has 27 heavy (non-hydrogen) atoms. The van der Waals surface area contributed by atoms with Crippen molar-refractivity contribution in [2.75, 3.05) is 7.11 Å². The van der Waals surface area contributed by atoms with E-state index >= 15 is 0 Å². The van der Waals surface area contributed by atoms with Gasteiger partial charge < -0.3 is 15.2 Å². The monoisotopic (exact) mass is 383 g/mol. The first-order valence-corrected chi connectivity index (χ1v) is 8.38. The van der Waals surface area contributed by atoms with Gasteiger partial charge in [0, 0.05) is 0 Å². The van der Waals surface area contributed by atoms with Crippen molar-refractivity contribution in [1.82, 2.24) is 0 Å².